The van der Waals surface area contributed by atoms with Gasteiger partial charge in [-0.15, -0.1) is 0 Å². The largest absolute Gasteiger partial charge is 0.466 e. The molecule has 0 aromatic carbocycles. The maximum Gasteiger partial charge on any atom is 0.308 e. The minimum absolute atomic E-state index is 0.0232. The van der Waals surface area contributed by atoms with Gasteiger partial charge in [-0.2, -0.15) is 0 Å². The van der Waals surface area contributed by atoms with Crippen molar-refractivity contribution in [1.82, 2.24) is 4.90 Å². The van der Waals surface area contributed by atoms with Gasteiger partial charge < -0.3 is 14.6 Å². The quantitative estimate of drug-likeness (QED) is 0.767. The smallest absolute Gasteiger partial charge is 0.308 e. The van der Waals surface area contributed by atoms with Gasteiger partial charge in [0.2, 0.25) is 0 Å². The second-order valence-corrected chi connectivity index (χ2v) is 5.64. The fourth-order valence-electron chi connectivity index (χ4n) is 2.98. The molecule has 1 heterocycles. The van der Waals surface area contributed by atoms with Crippen LogP contribution in [0.2, 0.25) is 0 Å². The summed E-state index contributed by atoms with van der Waals surface area (Å²) < 4.78 is 10.4. The topological polar surface area (TPSA) is 59.0 Å². The lowest BCUT2D eigenvalue weighted by atomic mass is 9.78. The average Bonchev–Trinajstić information content (AvgIpc) is 2.40. The third kappa shape index (κ3) is 4.16. The number of hydrogen-bond acceptors (Lipinski definition) is 5. The number of carbonyl (C=O) groups is 1. The third-order valence-electron chi connectivity index (χ3n) is 4.16. The van der Waals surface area contributed by atoms with Crippen molar-refractivity contribution in [2.75, 3.05) is 39.5 Å². The van der Waals surface area contributed by atoms with E-state index in [2.05, 4.69) is 4.90 Å². The number of aliphatic hydroxyl groups is 1. The molecule has 2 fully saturated rings. The van der Waals surface area contributed by atoms with E-state index in [1.165, 1.54) is 0 Å². The molecular weight excluding hydrogens is 246 g/mol. The number of esters is 1. The molecule has 110 valence electrons. The minimum Gasteiger partial charge on any atom is -0.466 e. The molecule has 1 aliphatic heterocycles. The van der Waals surface area contributed by atoms with Crippen molar-refractivity contribution < 1.29 is 19.4 Å². The average molecular weight is 271 g/mol. The van der Waals surface area contributed by atoms with E-state index >= 15 is 0 Å². The van der Waals surface area contributed by atoms with E-state index < -0.39 is 5.60 Å². The first-order valence-electron chi connectivity index (χ1n) is 7.32. The molecule has 0 spiro atoms. The molecule has 0 unspecified atom stereocenters. The maximum atomic E-state index is 11.7. The molecule has 0 aromatic rings. The zero-order valence-corrected chi connectivity index (χ0v) is 11.8. The fourth-order valence-corrected chi connectivity index (χ4v) is 2.98. The normalized spacial score (nSPS) is 33.1. The Morgan fingerprint density at radius 2 is 2.00 bits per heavy atom. The lowest BCUT2D eigenvalue weighted by Crippen LogP contribution is -2.49. The van der Waals surface area contributed by atoms with E-state index in [4.69, 9.17) is 9.47 Å². The second kappa shape index (κ2) is 6.68. The summed E-state index contributed by atoms with van der Waals surface area (Å²) in [6, 6.07) is 0. The van der Waals surface area contributed by atoms with Gasteiger partial charge in [-0.1, -0.05) is 0 Å². The molecule has 1 N–H and O–H groups in total. The zero-order valence-electron chi connectivity index (χ0n) is 11.8. The van der Waals surface area contributed by atoms with Crippen molar-refractivity contribution in [1.29, 1.82) is 0 Å². The van der Waals surface area contributed by atoms with Crippen molar-refractivity contribution in [2.45, 2.75) is 38.2 Å². The highest BCUT2D eigenvalue weighted by Crippen LogP contribution is 2.33. The van der Waals surface area contributed by atoms with Crippen molar-refractivity contribution in [3.8, 4) is 0 Å². The maximum absolute atomic E-state index is 11.7. The number of nitrogens with zero attached hydrogens (tertiary/aromatic N) is 1. The molecule has 5 heteroatoms. The molecule has 5 nitrogen and oxygen atoms in total. The van der Waals surface area contributed by atoms with Crippen LogP contribution in [0.5, 0.6) is 0 Å². The van der Waals surface area contributed by atoms with Crippen LogP contribution in [0.25, 0.3) is 0 Å². The number of rotatable bonds is 4. The van der Waals surface area contributed by atoms with Gasteiger partial charge in [0.15, 0.2) is 0 Å². The van der Waals surface area contributed by atoms with Crippen LogP contribution in [0, 0.1) is 5.92 Å². The summed E-state index contributed by atoms with van der Waals surface area (Å²) >= 11 is 0. The Labute approximate surface area is 114 Å². The summed E-state index contributed by atoms with van der Waals surface area (Å²) in [6.45, 7) is 6.26. The van der Waals surface area contributed by atoms with Gasteiger partial charge in [0.25, 0.3) is 0 Å². The van der Waals surface area contributed by atoms with E-state index in [0.717, 1.165) is 39.1 Å². The van der Waals surface area contributed by atoms with Crippen LogP contribution in [-0.4, -0.2) is 61.0 Å². The Kier molecular flexibility index (Phi) is 5.19. The van der Waals surface area contributed by atoms with Crippen LogP contribution < -0.4 is 0 Å². The molecule has 1 saturated heterocycles. The number of β-amino-alcohol motifs (C(OH)–C–C–N with tert-alkyl or cyclic N) is 1. The zero-order chi connectivity index (χ0) is 13.7. The number of carbonyl (C=O) groups excluding carboxylic acids is 1. The Morgan fingerprint density at radius 1 is 1.37 bits per heavy atom. The second-order valence-electron chi connectivity index (χ2n) is 5.64. The number of hydrogen-bond donors (Lipinski definition) is 1. The van der Waals surface area contributed by atoms with Crippen LogP contribution in [0.3, 0.4) is 0 Å². The standard InChI is InChI=1S/C14H25NO4/c1-2-19-13(16)12-3-5-14(17,6-4-12)11-15-7-9-18-10-8-15/h12,17H,2-11H2,1H3. The molecular formula is C14H25NO4. The molecule has 2 aliphatic rings. The number of morpholine rings is 1. The van der Waals surface area contributed by atoms with Gasteiger partial charge in [0.1, 0.15) is 0 Å². The van der Waals surface area contributed by atoms with Crippen LogP contribution in [0.4, 0.5) is 0 Å². The predicted octanol–water partition coefficient (Wildman–Crippen LogP) is 0.803. The molecule has 19 heavy (non-hydrogen) atoms. The van der Waals surface area contributed by atoms with E-state index in [1.54, 1.807) is 0 Å². The first kappa shape index (κ1) is 14.8. The van der Waals surface area contributed by atoms with Crippen LogP contribution in [-0.2, 0) is 14.3 Å². The van der Waals surface area contributed by atoms with Gasteiger partial charge in [-0.25, -0.2) is 0 Å². The van der Waals surface area contributed by atoms with Crippen LogP contribution in [0.15, 0.2) is 0 Å². The van der Waals surface area contributed by atoms with E-state index in [-0.39, 0.29) is 11.9 Å². The first-order valence-corrected chi connectivity index (χ1v) is 7.32. The Balaban J connectivity index is 1.78. The van der Waals surface area contributed by atoms with E-state index in [1.807, 2.05) is 6.92 Å². The summed E-state index contributed by atoms with van der Waals surface area (Å²) in [5, 5.41) is 10.6. The first-order chi connectivity index (χ1) is 9.13. The van der Waals surface area contributed by atoms with Crippen LogP contribution >= 0.6 is 0 Å². The molecule has 2 rings (SSSR count). The third-order valence-corrected chi connectivity index (χ3v) is 4.16. The highest BCUT2D eigenvalue weighted by atomic mass is 16.5. The molecule has 1 aliphatic carbocycles. The fraction of sp³-hybridized carbons (Fsp3) is 0.929. The number of ether oxygens (including phenoxy) is 2. The van der Waals surface area contributed by atoms with E-state index in [0.29, 0.717) is 26.0 Å². The summed E-state index contributed by atoms with van der Waals surface area (Å²) in [6.07, 6.45) is 2.85. The molecule has 0 aromatic heterocycles. The SMILES string of the molecule is CCOC(=O)C1CCC(O)(CN2CCOCC2)CC1. The lowest BCUT2D eigenvalue weighted by Gasteiger charge is -2.39. The van der Waals surface area contributed by atoms with Crippen molar-refractivity contribution >= 4 is 5.97 Å². The molecule has 0 radical (unpaired) electrons. The van der Waals surface area contributed by atoms with Gasteiger partial charge in [-0.05, 0) is 32.6 Å². The van der Waals surface area contributed by atoms with Crippen molar-refractivity contribution in [3.63, 3.8) is 0 Å². The van der Waals surface area contributed by atoms with Gasteiger partial charge in [0.05, 0.1) is 31.3 Å². The lowest BCUT2D eigenvalue weighted by molar-refractivity contribution is -0.151. The summed E-state index contributed by atoms with van der Waals surface area (Å²) in [5.74, 6) is -0.124. The predicted molar refractivity (Wildman–Crippen MR) is 70.8 cm³/mol. The monoisotopic (exact) mass is 271 g/mol. The molecule has 0 amide bonds. The summed E-state index contributed by atoms with van der Waals surface area (Å²) in [5.41, 5.74) is -0.639. The Hall–Kier alpha value is -0.650. The molecule has 0 atom stereocenters. The van der Waals surface area contributed by atoms with Crippen molar-refractivity contribution in [3.05, 3.63) is 0 Å². The van der Waals surface area contributed by atoms with Gasteiger partial charge in [-0.3, -0.25) is 9.69 Å². The van der Waals surface area contributed by atoms with Gasteiger partial charge in [0, 0.05) is 19.6 Å². The summed E-state index contributed by atoms with van der Waals surface area (Å²) in [7, 11) is 0. The minimum atomic E-state index is -0.639. The van der Waals surface area contributed by atoms with E-state index in [9.17, 15) is 9.90 Å². The van der Waals surface area contributed by atoms with Crippen molar-refractivity contribution in [2.24, 2.45) is 5.92 Å². The van der Waals surface area contributed by atoms with Gasteiger partial charge >= 0.3 is 5.97 Å². The highest BCUT2D eigenvalue weighted by molar-refractivity contribution is 5.72. The molecule has 1 saturated carbocycles. The van der Waals surface area contributed by atoms with Crippen LogP contribution in [0.1, 0.15) is 32.6 Å². The Morgan fingerprint density at radius 3 is 2.58 bits per heavy atom. The summed E-state index contributed by atoms with van der Waals surface area (Å²) in [4.78, 5) is 13.9. The Bertz CT molecular complexity index is 294. The molecule has 0 bridgehead atoms. The highest BCUT2D eigenvalue weighted by Gasteiger charge is 2.37.